The quantitative estimate of drug-likeness (QED) is 0.667. The van der Waals surface area contributed by atoms with Crippen molar-refractivity contribution in [2.24, 2.45) is 5.92 Å². The lowest BCUT2D eigenvalue weighted by molar-refractivity contribution is 0.182. The topological polar surface area (TPSA) is 102 Å². The third kappa shape index (κ3) is 5.09. The first-order chi connectivity index (χ1) is 12.2. The van der Waals surface area contributed by atoms with Gasteiger partial charge in [0.25, 0.3) is 0 Å². The number of methoxy groups -OCH3 is 1. The van der Waals surface area contributed by atoms with Gasteiger partial charge in [0.15, 0.2) is 0 Å². The minimum Gasteiger partial charge on any atom is -0.495 e. The Morgan fingerprint density at radius 3 is 2.62 bits per heavy atom. The summed E-state index contributed by atoms with van der Waals surface area (Å²) in [5.74, 6) is 0.249. The van der Waals surface area contributed by atoms with E-state index in [1.807, 2.05) is 0 Å². The first-order valence-corrected chi connectivity index (χ1v) is 11.5. The van der Waals surface area contributed by atoms with E-state index in [1.54, 1.807) is 6.92 Å². The average molecular weight is 407 g/mol. The Morgan fingerprint density at radius 2 is 2.04 bits per heavy atom. The second-order valence-electron chi connectivity index (χ2n) is 6.30. The van der Waals surface area contributed by atoms with Crippen molar-refractivity contribution < 1.29 is 26.3 Å². The molecule has 1 aromatic carbocycles. The van der Waals surface area contributed by atoms with Crippen molar-refractivity contribution in [2.45, 2.75) is 24.7 Å². The molecule has 0 unspecified atom stereocenters. The van der Waals surface area contributed by atoms with Crippen molar-refractivity contribution >= 4 is 25.7 Å². The van der Waals surface area contributed by atoms with Gasteiger partial charge in [-0.1, -0.05) is 6.92 Å². The van der Waals surface area contributed by atoms with Gasteiger partial charge in [-0.25, -0.2) is 21.1 Å². The Kier molecular flexibility index (Phi) is 6.89. The maximum Gasteiger partial charge on any atom is 0.246 e. The molecule has 1 aliphatic heterocycles. The van der Waals surface area contributed by atoms with E-state index in [4.69, 9.17) is 9.47 Å². The molecular formula is C16H26N2O6S2. The standard InChI is InChI=1S/C16H26N2O6S2/c1-4-9-25(19,20)17-14-5-6-16(15(10-14)23-3)26(21,22)18(2)11-13-7-8-24-12-13/h5-6,10,13,17H,4,7-9,11-12H2,1-3H3/t13-/m0/s1. The summed E-state index contributed by atoms with van der Waals surface area (Å²) >= 11 is 0. The van der Waals surface area contributed by atoms with Crippen LogP contribution in [0.5, 0.6) is 5.75 Å². The van der Waals surface area contributed by atoms with Crippen LogP contribution in [0.1, 0.15) is 19.8 Å². The molecule has 0 amide bonds. The fourth-order valence-electron chi connectivity index (χ4n) is 2.80. The van der Waals surface area contributed by atoms with E-state index in [-0.39, 0.29) is 28.0 Å². The molecule has 1 N–H and O–H groups in total. The molecule has 1 aliphatic rings. The van der Waals surface area contributed by atoms with E-state index >= 15 is 0 Å². The highest BCUT2D eigenvalue weighted by atomic mass is 32.2. The first kappa shape index (κ1) is 20.9. The van der Waals surface area contributed by atoms with Gasteiger partial charge < -0.3 is 9.47 Å². The molecule has 0 saturated carbocycles. The van der Waals surface area contributed by atoms with Crippen molar-refractivity contribution in [3.8, 4) is 5.75 Å². The number of hydrogen-bond acceptors (Lipinski definition) is 6. The molecule has 8 nitrogen and oxygen atoms in total. The fraction of sp³-hybridized carbons (Fsp3) is 0.625. The summed E-state index contributed by atoms with van der Waals surface area (Å²) in [4.78, 5) is -0.000134. The largest absolute Gasteiger partial charge is 0.495 e. The maximum atomic E-state index is 12.9. The van der Waals surface area contributed by atoms with Gasteiger partial charge in [0.1, 0.15) is 10.6 Å². The monoisotopic (exact) mass is 406 g/mol. The number of nitrogens with one attached hydrogen (secondary N) is 1. The van der Waals surface area contributed by atoms with Crippen LogP contribution in [0.3, 0.4) is 0 Å². The van der Waals surface area contributed by atoms with Gasteiger partial charge in [0.2, 0.25) is 20.0 Å². The molecule has 1 saturated heterocycles. The van der Waals surface area contributed by atoms with Crippen molar-refractivity contribution in [3.05, 3.63) is 18.2 Å². The predicted molar refractivity (Wildman–Crippen MR) is 99.4 cm³/mol. The van der Waals surface area contributed by atoms with Crippen LogP contribution < -0.4 is 9.46 Å². The zero-order valence-corrected chi connectivity index (χ0v) is 16.9. The van der Waals surface area contributed by atoms with E-state index < -0.39 is 20.0 Å². The van der Waals surface area contributed by atoms with E-state index in [1.165, 1.54) is 36.7 Å². The first-order valence-electron chi connectivity index (χ1n) is 8.42. The number of anilines is 1. The fourth-order valence-corrected chi connectivity index (χ4v) is 5.31. The smallest absolute Gasteiger partial charge is 0.246 e. The lowest BCUT2D eigenvalue weighted by Crippen LogP contribution is -2.32. The van der Waals surface area contributed by atoms with Gasteiger partial charge in [0.05, 0.1) is 25.2 Å². The summed E-state index contributed by atoms with van der Waals surface area (Å²) in [5, 5.41) is 0. The lowest BCUT2D eigenvalue weighted by atomic mass is 10.1. The molecule has 148 valence electrons. The van der Waals surface area contributed by atoms with Gasteiger partial charge in [-0.2, -0.15) is 0 Å². The molecule has 1 fully saturated rings. The van der Waals surface area contributed by atoms with E-state index in [2.05, 4.69) is 4.72 Å². The highest BCUT2D eigenvalue weighted by Gasteiger charge is 2.28. The van der Waals surface area contributed by atoms with Crippen LogP contribution in [0.4, 0.5) is 5.69 Å². The minimum atomic E-state index is -3.76. The van der Waals surface area contributed by atoms with Crippen LogP contribution in [0.15, 0.2) is 23.1 Å². The van der Waals surface area contributed by atoms with Crippen molar-refractivity contribution in [1.82, 2.24) is 4.31 Å². The Morgan fingerprint density at radius 1 is 1.31 bits per heavy atom. The number of nitrogens with zero attached hydrogens (tertiary/aromatic N) is 1. The molecule has 0 aromatic heterocycles. The molecule has 0 radical (unpaired) electrons. The number of hydrogen-bond donors (Lipinski definition) is 1. The Hall–Kier alpha value is -1.36. The zero-order chi connectivity index (χ0) is 19.4. The van der Waals surface area contributed by atoms with Gasteiger partial charge in [-0.3, -0.25) is 4.72 Å². The second-order valence-corrected chi connectivity index (χ2v) is 10.2. The Bertz CT molecular complexity index is 817. The third-order valence-electron chi connectivity index (χ3n) is 4.14. The van der Waals surface area contributed by atoms with Crippen molar-refractivity contribution in [2.75, 3.05) is 44.4 Å². The van der Waals surface area contributed by atoms with Crippen molar-refractivity contribution in [3.63, 3.8) is 0 Å². The SMILES string of the molecule is CCCS(=O)(=O)Nc1ccc(S(=O)(=O)N(C)C[C@@H]2CCOC2)c(OC)c1. The van der Waals surface area contributed by atoms with Crippen molar-refractivity contribution in [1.29, 1.82) is 0 Å². The van der Waals surface area contributed by atoms with Crippen LogP contribution >= 0.6 is 0 Å². The molecule has 0 bridgehead atoms. The van der Waals surface area contributed by atoms with E-state index in [0.717, 1.165) is 6.42 Å². The summed E-state index contributed by atoms with van der Waals surface area (Å²) in [6.45, 7) is 3.32. The average Bonchev–Trinajstić information content (AvgIpc) is 3.06. The number of benzene rings is 1. The normalized spacial score (nSPS) is 18.2. The summed E-state index contributed by atoms with van der Waals surface area (Å²) in [6.07, 6.45) is 1.31. The van der Waals surface area contributed by atoms with Gasteiger partial charge in [-0.05, 0) is 30.9 Å². The van der Waals surface area contributed by atoms with Crippen LogP contribution in [0.25, 0.3) is 0 Å². The predicted octanol–water partition coefficient (Wildman–Crippen LogP) is 1.50. The summed E-state index contributed by atoms with van der Waals surface area (Å²) in [7, 11) is -4.36. The lowest BCUT2D eigenvalue weighted by Gasteiger charge is -2.21. The Balaban J connectivity index is 2.25. The summed E-state index contributed by atoms with van der Waals surface area (Å²) in [5.41, 5.74) is 0.265. The highest BCUT2D eigenvalue weighted by Crippen LogP contribution is 2.30. The summed E-state index contributed by atoms with van der Waals surface area (Å²) in [6, 6.07) is 4.17. The molecule has 0 aliphatic carbocycles. The van der Waals surface area contributed by atoms with Crippen LogP contribution in [0, 0.1) is 5.92 Å². The Labute approximate surface area is 155 Å². The zero-order valence-electron chi connectivity index (χ0n) is 15.3. The number of ether oxygens (including phenoxy) is 2. The van der Waals surface area contributed by atoms with E-state index in [0.29, 0.717) is 26.2 Å². The van der Waals surface area contributed by atoms with Gasteiger partial charge in [-0.15, -0.1) is 0 Å². The molecule has 0 spiro atoms. The maximum absolute atomic E-state index is 12.9. The van der Waals surface area contributed by atoms with Gasteiger partial charge >= 0.3 is 0 Å². The van der Waals surface area contributed by atoms with Crippen LogP contribution in [-0.4, -0.2) is 60.8 Å². The molecule has 1 aromatic rings. The highest BCUT2D eigenvalue weighted by molar-refractivity contribution is 7.92. The van der Waals surface area contributed by atoms with Gasteiger partial charge in [0, 0.05) is 26.3 Å². The van der Waals surface area contributed by atoms with Crippen LogP contribution in [-0.2, 0) is 24.8 Å². The molecule has 1 atom stereocenters. The van der Waals surface area contributed by atoms with Crippen LogP contribution in [0.2, 0.25) is 0 Å². The molecule has 1 heterocycles. The molecule has 26 heavy (non-hydrogen) atoms. The second kappa shape index (κ2) is 8.55. The number of sulfonamides is 2. The molecule has 2 rings (SSSR count). The third-order valence-corrected chi connectivity index (χ3v) is 7.49. The molecule has 10 heteroatoms. The minimum absolute atomic E-state index is 0.000134. The molecular weight excluding hydrogens is 380 g/mol. The van der Waals surface area contributed by atoms with E-state index in [9.17, 15) is 16.8 Å². The number of rotatable bonds is 9. The summed E-state index contributed by atoms with van der Waals surface area (Å²) < 4.78 is 63.7.